The lowest BCUT2D eigenvalue weighted by atomic mass is 9.74. The molecule has 1 amide bonds. The van der Waals surface area contributed by atoms with Gasteiger partial charge in [-0.25, -0.2) is 4.39 Å². The van der Waals surface area contributed by atoms with Crippen molar-refractivity contribution >= 4 is 11.6 Å². The van der Waals surface area contributed by atoms with Gasteiger partial charge in [-0.05, 0) is 30.5 Å². The first kappa shape index (κ1) is 18.8. The van der Waals surface area contributed by atoms with Gasteiger partial charge >= 0.3 is 0 Å². The van der Waals surface area contributed by atoms with Crippen LogP contribution in [0.15, 0.2) is 29.4 Å². The van der Waals surface area contributed by atoms with E-state index in [4.69, 9.17) is 14.3 Å². The second kappa shape index (κ2) is 8.60. The van der Waals surface area contributed by atoms with Gasteiger partial charge in [-0.2, -0.15) is 0 Å². The van der Waals surface area contributed by atoms with Crippen molar-refractivity contribution in [1.82, 2.24) is 5.32 Å². The number of hydrogen-bond acceptors (Lipinski definition) is 5. The van der Waals surface area contributed by atoms with E-state index in [0.717, 1.165) is 11.3 Å². The van der Waals surface area contributed by atoms with Crippen molar-refractivity contribution in [2.24, 2.45) is 10.6 Å². The summed E-state index contributed by atoms with van der Waals surface area (Å²) < 4.78 is 23.6. The molecule has 26 heavy (non-hydrogen) atoms. The summed E-state index contributed by atoms with van der Waals surface area (Å²) in [6.45, 7) is 2.10. The van der Waals surface area contributed by atoms with Gasteiger partial charge in [-0.1, -0.05) is 17.3 Å². The highest BCUT2D eigenvalue weighted by Crippen LogP contribution is 2.38. The number of carbonyl (C=O) groups excluding carboxylic acids is 1. The summed E-state index contributed by atoms with van der Waals surface area (Å²) in [7, 11) is 1.61. The maximum absolute atomic E-state index is 13.1. The fourth-order valence-corrected chi connectivity index (χ4v) is 3.53. The van der Waals surface area contributed by atoms with E-state index < -0.39 is 5.41 Å². The van der Waals surface area contributed by atoms with E-state index in [-0.39, 0.29) is 17.8 Å². The van der Waals surface area contributed by atoms with Crippen LogP contribution in [0.5, 0.6) is 0 Å². The molecule has 1 N–H and O–H groups in total. The summed E-state index contributed by atoms with van der Waals surface area (Å²) in [6, 6.07) is 6.21. The van der Waals surface area contributed by atoms with Gasteiger partial charge in [0.05, 0.1) is 17.7 Å². The lowest BCUT2D eigenvalue weighted by molar-refractivity contribution is -0.140. The Labute approximate surface area is 152 Å². The quantitative estimate of drug-likeness (QED) is 0.754. The molecule has 1 saturated heterocycles. The number of hydrogen-bond donors (Lipinski definition) is 1. The third-order valence-electron chi connectivity index (χ3n) is 5.05. The smallest absolute Gasteiger partial charge is 0.226 e. The van der Waals surface area contributed by atoms with Gasteiger partial charge in [0.15, 0.2) is 0 Å². The Kier molecular flexibility index (Phi) is 6.21. The zero-order valence-electron chi connectivity index (χ0n) is 15.0. The SMILES string of the molecule is COCCNC(=O)C1(C[C@@H]2CC(c3ccc(F)cc3)=NO2)CCOCC1. The lowest BCUT2D eigenvalue weighted by Crippen LogP contribution is -2.47. The highest BCUT2D eigenvalue weighted by Gasteiger charge is 2.43. The lowest BCUT2D eigenvalue weighted by Gasteiger charge is -2.36. The van der Waals surface area contributed by atoms with Gasteiger partial charge < -0.3 is 19.6 Å². The first-order chi connectivity index (χ1) is 12.6. The zero-order valence-corrected chi connectivity index (χ0v) is 15.0. The molecule has 2 heterocycles. The van der Waals surface area contributed by atoms with Crippen molar-refractivity contribution in [3.05, 3.63) is 35.6 Å². The molecular weight excluding hydrogens is 339 g/mol. The van der Waals surface area contributed by atoms with Gasteiger partial charge in [-0.15, -0.1) is 0 Å². The molecule has 3 rings (SSSR count). The van der Waals surface area contributed by atoms with Crippen molar-refractivity contribution in [1.29, 1.82) is 0 Å². The van der Waals surface area contributed by atoms with Crippen molar-refractivity contribution in [2.45, 2.75) is 31.8 Å². The molecule has 0 spiro atoms. The van der Waals surface area contributed by atoms with E-state index in [1.54, 1.807) is 19.2 Å². The Bertz CT molecular complexity index is 641. The Morgan fingerprint density at radius 1 is 1.35 bits per heavy atom. The monoisotopic (exact) mass is 364 g/mol. The predicted molar refractivity (Wildman–Crippen MR) is 94.4 cm³/mol. The number of halogens is 1. The fourth-order valence-electron chi connectivity index (χ4n) is 3.53. The summed E-state index contributed by atoms with van der Waals surface area (Å²) in [4.78, 5) is 18.4. The van der Waals surface area contributed by atoms with Crippen molar-refractivity contribution in [3.63, 3.8) is 0 Å². The van der Waals surface area contributed by atoms with Crippen LogP contribution in [0.2, 0.25) is 0 Å². The maximum Gasteiger partial charge on any atom is 0.226 e. The van der Waals surface area contributed by atoms with E-state index in [1.807, 2.05) is 0 Å². The molecular formula is C19H25FN2O4. The van der Waals surface area contributed by atoms with Gasteiger partial charge in [-0.3, -0.25) is 4.79 Å². The number of nitrogens with zero attached hydrogens (tertiary/aromatic N) is 1. The molecule has 0 radical (unpaired) electrons. The fraction of sp³-hybridized carbons (Fsp3) is 0.579. The molecule has 0 bridgehead atoms. The number of nitrogens with one attached hydrogen (secondary N) is 1. The predicted octanol–water partition coefficient (Wildman–Crippen LogP) is 2.27. The van der Waals surface area contributed by atoms with E-state index in [9.17, 15) is 9.18 Å². The molecule has 1 aromatic rings. The molecule has 2 aliphatic heterocycles. The number of benzene rings is 1. The van der Waals surface area contributed by atoms with Crippen molar-refractivity contribution in [3.8, 4) is 0 Å². The third-order valence-corrected chi connectivity index (χ3v) is 5.05. The molecule has 1 fully saturated rings. The summed E-state index contributed by atoms with van der Waals surface area (Å²) in [5, 5.41) is 7.12. The molecule has 142 valence electrons. The minimum absolute atomic E-state index is 0.0247. The van der Waals surface area contributed by atoms with E-state index in [0.29, 0.717) is 52.0 Å². The Morgan fingerprint density at radius 3 is 2.77 bits per heavy atom. The van der Waals surface area contributed by atoms with Gasteiger partial charge in [0.1, 0.15) is 11.9 Å². The minimum Gasteiger partial charge on any atom is -0.392 e. The normalized spacial score (nSPS) is 21.8. The minimum atomic E-state index is -0.509. The van der Waals surface area contributed by atoms with Crippen LogP contribution in [0.4, 0.5) is 4.39 Å². The maximum atomic E-state index is 13.1. The molecule has 7 heteroatoms. The molecule has 0 aliphatic carbocycles. The third kappa shape index (κ3) is 4.40. The van der Waals surface area contributed by atoms with Crippen molar-refractivity contribution in [2.75, 3.05) is 33.5 Å². The molecule has 0 unspecified atom stereocenters. The first-order valence-corrected chi connectivity index (χ1v) is 8.96. The van der Waals surface area contributed by atoms with Gasteiger partial charge in [0, 0.05) is 39.7 Å². The van der Waals surface area contributed by atoms with E-state index in [1.165, 1.54) is 12.1 Å². The van der Waals surface area contributed by atoms with Crippen LogP contribution < -0.4 is 5.32 Å². The van der Waals surface area contributed by atoms with Crippen LogP contribution in [0.25, 0.3) is 0 Å². The Hall–Kier alpha value is -1.99. The summed E-state index contributed by atoms with van der Waals surface area (Å²) in [5.41, 5.74) is 1.13. The Morgan fingerprint density at radius 2 is 2.08 bits per heavy atom. The molecule has 1 atom stereocenters. The number of amides is 1. The average Bonchev–Trinajstić information content (AvgIpc) is 3.11. The van der Waals surface area contributed by atoms with Crippen LogP contribution in [-0.4, -0.2) is 51.2 Å². The number of rotatable bonds is 7. The first-order valence-electron chi connectivity index (χ1n) is 8.96. The number of ether oxygens (including phenoxy) is 2. The van der Waals surface area contributed by atoms with E-state index >= 15 is 0 Å². The number of oxime groups is 1. The second-order valence-corrected chi connectivity index (χ2v) is 6.82. The van der Waals surface area contributed by atoms with Crippen LogP contribution >= 0.6 is 0 Å². The molecule has 0 saturated carbocycles. The summed E-state index contributed by atoms with van der Waals surface area (Å²) in [5.74, 6) is -0.254. The molecule has 2 aliphatic rings. The highest BCUT2D eigenvalue weighted by molar-refractivity contribution is 6.01. The van der Waals surface area contributed by atoms with Crippen molar-refractivity contribution < 1.29 is 23.5 Å². The standard InChI is InChI=1S/C19H25FN2O4/c1-24-11-8-21-18(23)19(6-9-25-10-7-19)13-16-12-17(22-26-16)14-2-4-15(20)5-3-14/h2-5,16H,6-13H2,1H3,(H,21,23)/t16-/m0/s1. The Balaban J connectivity index is 1.63. The summed E-state index contributed by atoms with van der Waals surface area (Å²) >= 11 is 0. The zero-order chi connectivity index (χ0) is 18.4. The summed E-state index contributed by atoms with van der Waals surface area (Å²) in [6.07, 6.45) is 2.36. The molecule has 0 aromatic heterocycles. The molecule has 1 aromatic carbocycles. The van der Waals surface area contributed by atoms with Gasteiger partial charge in [0.25, 0.3) is 0 Å². The molecule has 6 nitrogen and oxygen atoms in total. The highest BCUT2D eigenvalue weighted by atomic mass is 19.1. The van der Waals surface area contributed by atoms with Gasteiger partial charge in [0.2, 0.25) is 5.91 Å². The topological polar surface area (TPSA) is 69.2 Å². The van der Waals surface area contributed by atoms with Crippen LogP contribution in [-0.2, 0) is 19.1 Å². The van der Waals surface area contributed by atoms with Crippen LogP contribution in [0, 0.1) is 11.2 Å². The average molecular weight is 364 g/mol. The van der Waals surface area contributed by atoms with Crippen LogP contribution in [0.3, 0.4) is 0 Å². The van der Waals surface area contributed by atoms with Crippen LogP contribution in [0.1, 0.15) is 31.2 Å². The van der Waals surface area contributed by atoms with E-state index in [2.05, 4.69) is 10.5 Å². The largest absolute Gasteiger partial charge is 0.392 e. The number of methoxy groups -OCH3 is 1. The number of carbonyl (C=O) groups is 1. The second-order valence-electron chi connectivity index (χ2n) is 6.82.